The van der Waals surface area contributed by atoms with Crippen LogP contribution in [0.5, 0.6) is 0 Å². The van der Waals surface area contributed by atoms with Gasteiger partial charge in [-0.05, 0) is 25.3 Å². The lowest BCUT2D eigenvalue weighted by molar-refractivity contribution is -0.124. The number of ether oxygens (including phenoxy) is 1. The maximum atomic E-state index is 12.1. The number of nitrogens with zero attached hydrogens (tertiary/aromatic N) is 4. The van der Waals surface area contributed by atoms with E-state index in [1.807, 2.05) is 4.68 Å². The summed E-state index contributed by atoms with van der Waals surface area (Å²) in [5, 5.41) is 7.68. The topological polar surface area (TPSA) is 81.9 Å². The van der Waals surface area contributed by atoms with Gasteiger partial charge in [0.2, 0.25) is 5.91 Å². The predicted molar refractivity (Wildman–Crippen MR) is 87.2 cm³/mol. The molecule has 1 saturated carbocycles. The van der Waals surface area contributed by atoms with Gasteiger partial charge in [-0.25, -0.2) is 0 Å². The second-order valence-electron chi connectivity index (χ2n) is 6.39. The van der Waals surface area contributed by atoms with Gasteiger partial charge in [-0.1, -0.05) is 0 Å². The minimum Gasteiger partial charge on any atom is -0.381 e. The number of amides is 1. The van der Waals surface area contributed by atoms with Crippen molar-refractivity contribution in [1.82, 2.24) is 25.1 Å². The monoisotopic (exact) mass is 327 g/mol. The molecule has 2 fully saturated rings. The average molecular weight is 327 g/mol. The summed E-state index contributed by atoms with van der Waals surface area (Å²) in [7, 11) is 0. The van der Waals surface area contributed by atoms with Crippen molar-refractivity contribution in [3.05, 3.63) is 30.4 Å². The van der Waals surface area contributed by atoms with Crippen molar-refractivity contribution in [2.24, 2.45) is 5.92 Å². The molecule has 1 aliphatic carbocycles. The zero-order valence-electron chi connectivity index (χ0n) is 13.5. The molecule has 3 heterocycles. The Labute approximate surface area is 140 Å². The van der Waals surface area contributed by atoms with Crippen molar-refractivity contribution in [3.8, 4) is 11.4 Å². The van der Waals surface area contributed by atoms with E-state index in [9.17, 15) is 4.79 Å². The van der Waals surface area contributed by atoms with E-state index in [4.69, 9.17) is 4.74 Å². The number of carbonyl (C=O) groups is 1. The minimum atomic E-state index is 0.000628. The van der Waals surface area contributed by atoms with E-state index in [-0.39, 0.29) is 11.8 Å². The fourth-order valence-electron chi connectivity index (χ4n) is 3.05. The first-order chi connectivity index (χ1) is 11.8. The zero-order valence-corrected chi connectivity index (χ0v) is 13.5. The van der Waals surface area contributed by atoms with Gasteiger partial charge in [0, 0.05) is 37.2 Å². The fraction of sp³-hybridized carbons (Fsp3) is 0.529. The predicted octanol–water partition coefficient (Wildman–Crippen LogP) is 1.37. The highest BCUT2D eigenvalue weighted by molar-refractivity contribution is 5.78. The van der Waals surface area contributed by atoms with Crippen LogP contribution in [0.1, 0.15) is 30.9 Å². The maximum absolute atomic E-state index is 12.1. The van der Waals surface area contributed by atoms with Crippen LogP contribution in [0.4, 0.5) is 0 Å². The quantitative estimate of drug-likeness (QED) is 0.866. The summed E-state index contributed by atoms with van der Waals surface area (Å²) in [4.78, 5) is 20.5. The Hall–Kier alpha value is -2.28. The van der Waals surface area contributed by atoms with Crippen molar-refractivity contribution in [2.75, 3.05) is 19.8 Å². The molecule has 0 radical (unpaired) electrons. The highest BCUT2D eigenvalue weighted by Gasteiger charge is 2.29. The lowest BCUT2D eigenvalue weighted by Crippen LogP contribution is -2.33. The Morgan fingerprint density at radius 2 is 2.21 bits per heavy atom. The number of rotatable bonds is 6. The van der Waals surface area contributed by atoms with Gasteiger partial charge in [0.15, 0.2) is 0 Å². The van der Waals surface area contributed by atoms with E-state index in [0.29, 0.717) is 32.2 Å². The highest BCUT2D eigenvalue weighted by atomic mass is 16.5. The van der Waals surface area contributed by atoms with Crippen molar-refractivity contribution in [2.45, 2.75) is 31.7 Å². The first-order valence-corrected chi connectivity index (χ1v) is 8.51. The molecule has 7 heteroatoms. The van der Waals surface area contributed by atoms with E-state index in [0.717, 1.165) is 17.8 Å². The van der Waals surface area contributed by atoms with Crippen LogP contribution in [-0.2, 0) is 16.1 Å². The second-order valence-corrected chi connectivity index (χ2v) is 6.39. The van der Waals surface area contributed by atoms with Gasteiger partial charge < -0.3 is 10.1 Å². The van der Waals surface area contributed by atoms with E-state index in [1.165, 1.54) is 18.5 Å². The average Bonchev–Trinajstić information content (AvgIpc) is 3.14. The lowest BCUT2D eigenvalue weighted by atomic mass is 10.1. The number of aromatic nitrogens is 4. The Balaban J connectivity index is 1.42. The largest absolute Gasteiger partial charge is 0.381 e. The maximum Gasteiger partial charge on any atom is 0.225 e. The molecule has 1 atom stereocenters. The van der Waals surface area contributed by atoms with Gasteiger partial charge in [-0.2, -0.15) is 5.10 Å². The normalized spacial score (nSPS) is 20.2. The summed E-state index contributed by atoms with van der Waals surface area (Å²) in [5.74, 6) is 0.671. The Morgan fingerprint density at radius 1 is 1.29 bits per heavy atom. The van der Waals surface area contributed by atoms with Gasteiger partial charge in [0.05, 0.1) is 25.3 Å². The number of carbonyl (C=O) groups excluding carboxylic acids is 1. The standard InChI is InChI=1S/C17H21N5O2/c23-17(13-3-8-24-11-13)20-6-7-22-16(12-1-2-12)9-14(21-22)15-10-18-4-5-19-15/h4-5,9-10,12-13H,1-3,6-8,11H2,(H,20,23)/t13-/m0/s1. The molecule has 2 aliphatic rings. The van der Waals surface area contributed by atoms with Crippen LogP contribution >= 0.6 is 0 Å². The van der Waals surface area contributed by atoms with Crippen LogP contribution in [-0.4, -0.2) is 45.4 Å². The minimum absolute atomic E-state index is 0.000628. The summed E-state index contributed by atoms with van der Waals surface area (Å²) >= 11 is 0. The third kappa shape index (κ3) is 3.31. The van der Waals surface area contributed by atoms with E-state index >= 15 is 0 Å². The van der Waals surface area contributed by atoms with Crippen LogP contribution < -0.4 is 5.32 Å². The van der Waals surface area contributed by atoms with E-state index < -0.39 is 0 Å². The molecule has 0 unspecified atom stereocenters. The molecule has 2 aromatic heterocycles. The summed E-state index contributed by atoms with van der Waals surface area (Å²) < 4.78 is 7.27. The summed E-state index contributed by atoms with van der Waals surface area (Å²) in [5.41, 5.74) is 2.86. The zero-order chi connectivity index (χ0) is 16.4. The fourth-order valence-corrected chi connectivity index (χ4v) is 3.05. The van der Waals surface area contributed by atoms with Crippen molar-refractivity contribution in [3.63, 3.8) is 0 Å². The third-order valence-electron chi connectivity index (χ3n) is 4.56. The Bertz CT molecular complexity index is 705. The van der Waals surface area contributed by atoms with Crippen molar-refractivity contribution >= 4 is 5.91 Å². The molecule has 1 amide bonds. The molecular formula is C17H21N5O2. The highest BCUT2D eigenvalue weighted by Crippen LogP contribution is 2.41. The first-order valence-electron chi connectivity index (χ1n) is 8.51. The molecular weight excluding hydrogens is 306 g/mol. The van der Waals surface area contributed by atoms with Crippen LogP contribution in [0.15, 0.2) is 24.7 Å². The molecule has 24 heavy (non-hydrogen) atoms. The van der Waals surface area contributed by atoms with Gasteiger partial charge in [0.1, 0.15) is 11.4 Å². The molecule has 126 valence electrons. The lowest BCUT2D eigenvalue weighted by Gasteiger charge is -2.10. The third-order valence-corrected chi connectivity index (χ3v) is 4.56. The molecule has 1 saturated heterocycles. The first kappa shape index (κ1) is 15.3. The SMILES string of the molecule is O=C(NCCn1nc(-c2cnccn2)cc1C1CC1)[C@H]1CCOC1. The van der Waals surface area contributed by atoms with Crippen LogP contribution in [0, 0.1) is 5.92 Å². The number of hydrogen-bond acceptors (Lipinski definition) is 5. The summed E-state index contributed by atoms with van der Waals surface area (Å²) in [6.45, 7) is 2.48. The molecule has 0 bridgehead atoms. The molecule has 1 aliphatic heterocycles. The van der Waals surface area contributed by atoms with Gasteiger partial charge in [-0.15, -0.1) is 0 Å². The molecule has 7 nitrogen and oxygen atoms in total. The Kier molecular flexibility index (Phi) is 4.25. The molecule has 1 N–H and O–H groups in total. The van der Waals surface area contributed by atoms with Gasteiger partial charge >= 0.3 is 0 Å². The molecule has 0 aromatic carbocycles. The van der Waals surface area contributed by atoms with Gasteiger partial charge in [-0.3, -0.25) is 19.4 Å². The Morgan fingerprint density at radius 3 is 2.92 bits per heavy atom. The number of hydrogen-bond donors (Lipinski definition) is 1. The van der Waals surface area contributed by atoms with Gasteiger partial charge in [0.25, 0.3) is 0 Å². The molecule has 0 spiro atoms. The molecule has 2 aromatic rings. The van der Waals surface area contributed by atoms with Crippen LogP contribution in [0.2, 0.25) is 0 Å². The summed E-state index contributed by atoms with van der Waals surface area (Å²) in [6, 6.07) is 2.11. The van der Waals surface area contributed by atoms with E-state index in [1.54, 1.807) is 18.6 Å². The smallest absolute Gasteiger partial charge is 0.225 e. The molecule has 4 rings (SSSR count). The van der Waals surface area contributed by atoms with Crippen LogP contribution in [0.3, 0.4) is 0 Å². The van der Waals surface area contributed by atoms with Crippen LogP contribution in [0.25, 0.3) is 11.4 Å². The number of nitrogens with one attached hydrogen (secondary N) is 1. The summed E-state index contributed by atoms with van der Waals surface area (Å²) in [6.07, 6.45) is 8.29. The van der Waals surface area contributed by atoms with Crippen molar-refractivity contribution < 1.29 is 9.53 Å². The second kappa shape index (κ2) is 6.68. The van der Waals surface area contributed by atoms with Crippen molar-refractivity contribution in [1.29, 1.82) is 0 Å². The van der Waals surface area contributed by atoms with E-state index in [2.05, 4.69) is 26.4 Å².